The van der Waals surface area contributed by atoms with Crippen LogP contribution in [0.1, 0.15) is 0 Å². The van der Waals surface area contributed by atoms with E-state index in [9.17, 15) is 4.79 Å². The predicted molar refractivity (Wildman–Crippen MR) is 62.1 cm³/mol. The van der Waals surface area contributed by atoms with Crippen LogP contribution in [0.3, 0.4) is 0 Å². The fourth-order valence-corrected chi connectivity index (χ4v) is 1.15. The summed E-state index contributed by atoms with van der Waals surface area (Å²) in [6.45, 7) is 0.640. The van der Waals surface area contributed by atoms with Crippen molar-refractivity contribution in [2.75, 3.05) is 32.2 Å². The smallest absolute Gasteiger partial charge is 0.318 e. The molecule has 0 saturated carbocycles. The average Bonchev–Trinajstić information content (AvgIpc) is 2.30. The third-order valence-electron chi connectivity index (χ3n) is 1.69. The zero-order valence-electron chi connectivity index (χ0n) is 9.27. The molecule has 3 N–H and O–H groups in total. The molecule has 0 spiro atoms. The van der Waals surface area contributed by atoms with Crippen LogP contribution in [-0.4, -0.2) is 42.7 Å². The second-order valence-corrected chi connectivity index (χ2v) is 3.41. The molecule has 0 bridgehead atoms. The number of halogens is 1. The largest absolute Gasteiger partial charge is 0.467 e. The monoisotopic (exact) mass is 260 g/mol. The van der Waals surface area contributed by atoms with Crippen LogP contribution in [0.5, 0.6) is 6.01 Å². The van der Waals surface area contributed by atoms with Crippen molar-refractivity contribution in [1.29, 1.82) is 0 Å². The predicted octanol–water partition coefficient (Wildman–Crippen LogP) is 0.0524. The van der Waals surface area contributed by atoms with Gasteiger partial charge in [-0.15, -0.1) is 0 Å². The minimum Gasteiger partial charge on any atom is -0.467 e. The molecule has 8 heteroatoms. The average molecular weight is 261 g/mol. The molecule has 17 heavy (non-hydrogen) atoms. The third-order valence-corrected chi connectivity index (χ3v) is 1.96. The van der Waals surface area contributed by atoms with Crippen molar-refractivity contribution < 1.29 is 14.3 Å². The highest BCUT2D eigenvalue weighted by Gasteiger charge is 2.04. The standard InChI is InChI=1S/C9H13ClN4O3/c1-16-9-13-4-6(10)8(14-9)12-2-3-17-5-7(11)15/h4H,2-3,5H2,1H3,(H2,11,15)(H,12,13,14). The van der Waals surface area contributed by atoms with E-state index in [0.29, 0.717) is 24.0 Å². The minimum absolute atomic E-state index is 0.109. The molecule has 0 aliphatic rings. The lowest BCUT2D eigenvalue weighted by atomic mass is 10.5. The second-order valence-electron chi connectivity index (χ2n) is 3.00. The van der Waals surface area contributed by atoms with Crippen LogP contribution in [0.2, 0.25) is 5.02 Å². The van der Waals surface area contributed by atoms with Crippen LogP contribution in [0.25, 0.3) is 0 Å². The van der Waals surface area contributed by atoms with E-state index >= 15 is 0 Å². The molecule has 1 aromatic rings. The van der Waals surface area contributed by atoms with Gasteiger partial charge in [-0.25, -0.2) is 4.98 Å². The molecule has 0 atom stereocenters. The zero-order valence-corrected chi connectivity index (χ0v) is 10.0. The molecule has 7 nitrogen and oxygen atoms in total. The first kappa shape index (κ1) is 13.5. The Labute approximate surface area is 103 Å². The highest BCUT2D eigenvalue weighted by molar-refractivity contribution is 6.32. The Morgan fingerprint density at radius 3 is 3.06 bits per heavy atom. The summed E-state index contributed by atoms with van der Waals surface area (Å²) in [5.74, 6) is -0.0621. The molecule has 0 aliphatic carbocycles. The van der Waals surface area contributed by atoms with E-state index in [4.69, 9.17) is 26.8 Å². The lowest BCUT2D eigenvalue weighted by Crippen LogP contribution is -2.20. The first-order valence-corrected chi connectivity index (χ1v) is 5.17. The Hall–Kier alpha value is -1.60. The fourth-order valence-electron chi connectivity index (χ4n) is 0.988. The number of anilines is 1. The number of amides is 1. The third kappa shape index (κ3) is 4.83. The highest BCUT2D eigenvalue weighted by atomic mass is 35.5. The minimum atomic E-state index is -0.508. The summed E-state index contributed by atoms with van der Waals surface area (Å²) in [6.07, 6.45) is 1.43. The maximum Gasteiger partial charge on any atom is 0.318 e. The normalized spacial score (nSPS) is 10.0. The molecule has 0 aromatic carbocycles. The van der Waals surface area contributed by atoms with E-state index in [-0.39, 0.29) is 12.6 Å². The topological polar surface area (TPSA) is 99.4 Å². The van der Waals surface area contributed by atoms with E-state index in [1.165, 1.54) is 13.3 Å². The number of rotatable bonds is 7. The number of hydrogen-bond acceptors (Lipinski definition) is 6. The van der Waals surface area contributed by atoms with E-state index in [1.54, 1.807) is 0 Å². The molecule has 0 unspecified atom stereocenters. The highest BCUT2D eigenvalue weighted by Crippen LogP contribution is 2.19. The molecule has 0 radical (unpaired) electrons. The number of nitrogens with zero attached hydrogens (tertiary/aromatic N) is 2. The zero-order chi connectivity index (χ0) is 12.7. The van der Waals surface area contributed by atoms with Gasteiger partial charge in [0.1, 0.15) is 11.6 Å². The molecule has 0 saturated heterocycles. The van der Waals surface area contributed by atoms with Gasteiger partial charge in [-0.2, -0.15) is 4.98 Å². The van der Waals surface area contributed by atoms with Gasteiger partial charge in [0.05, 0.1) is 19.9 Å². The van der Waals surface area contributed by atoms with Gasteiger partial charge >= 0.3 is 6.01 Å². The Kier molecular flexibility index (Phi) is 5.44. The maximum atomic E-state index is 10.4. The van der Waals surface area contributed by atoms with Crippen molar-refractivity contribution >= 4 is 23.3 Å². The van der Waals surface area contributed by atoms with Crippen molar-refractivity contribution in [2.45, 2.75) is 0 Å². The summed E-state index contributed by atoms with van der Waals surface area (Å²) in [4.78, 5) is 18.2. The van der Waals surface area contributed by atoms with Crippen molar-refractivity contribution in [1.82, 2.24) is 9.97 Å². The number of nitrogens with one attached hydrogen (secondary N) is 1. The van der Waals surface area contributed by atoms with E-state index in [0.717, 1.165) is 0 Å². The van der Waals surface area contributed by atoms with Crippen LogP contribution in [0.4, 0.5) is 5.82 Å². The first-order chi connectivity index (χ1) is 8.13. The van der Waals surface area contributed by atoms with Crippen molar-refractivity contribution in [2.24, 2.45) is 5.73 Å². The summed E-state index contributed by atoms with van der Waals surface area (Å²) in [5, 5.41) is 3.30. The molecule has 1 rings (SSSR count). The molecular formula is C9H13ClN4O3. The van der Waals surface area contributed by atoms with Crippen LogP contribution in [0, 0.1) is 0 Å². The number of aromatic nitrogens is 2. The van der Waals surface area contributed by atoms with E-state index in [1.807, 2.05) is 0 Å². The Morgan fingerprint density at radius 1 is 1.65 bits per heavy atom. The van der Waals surface area contributed by atoms with Gasteiger partial charge in [0.15, 0.2) is 5.82 Å². The van der Waals surface area contributed by atoms with Crippen LogP contribution < -0.4 is 15.8 Å². The summed E-state index contributed by atoms with van der Waals surface area (Å²) in [5.41, 5.74) is 4.91. The van der Waals surface area contributed by atoms with Gasteiger partial charge in [0.2, 0.25) is 5.91 Å². The second kappa shape index (κ2) is 6.87. The lowest BCUT2D eigenvalue weighted by molar-refractivity contribution is -0.122. The number of carbonyl (C=O) groups excluding carboxylic acids is 1. The molecule has 94 valence electrons. The van der Waals surface area contributed by atoms with Crippen molar-refractivity contribution in [3.8, 4) is 6.01 Å². The number of ether oxygens (including phenoxy) is 2. The molecule has 0 fully saturated rings. The maximum absolute atomic E-state index is 10.4. The van der Waals surface area contributed by atoms with Gasteiger partial charge in [0.25, 0.3) is 0 Å². The number of methoxy groups -OCH3 is 1. The number of primary amides is 1. The quantitative estimate of drug-likeness (QED) is 0.672. The Morgan fingerprint density at radius 2 is 2.41 bits per heavy atom. The number of carbonyl (C=O) groups is 1. The van der Waals surface area contributed by atoms with E-state index < -0.39 is 5.91 Å². The Bertz CT molecular complexity index is 389. The van der Waals surface area contributed by atoms with Crippen LogP contribution >= 0.6 is 11.6 Å². The van der Waals surface area contributed by atoms with Crippen molar-refractivity contribution in [3.63, 3.8) is 0 Å². The fraction of sp³-hybridized carbons (Fsp3) is 0.444. The van der Waals surface area contributed by atoms with Gasteiger partial charge in [0, 0.05) is 6.54 Å². The summed E-state index contributed by atoms with van der Waals surface area (Å²) in [6, 6.07) is 0.218. The molecule has 1 heterocycles. The van der Waals surface area contributed by atoms with Gasteiger partial charge in [-0.05, 0) is 0 Å². The first-order valence-electron chi connectivity index (χ1n) is 4.80. The van der Waals surface area contributed by atoms with Gasteiger partial charge in [-0.1, -0.05) is 11.6 Å². The Balaban J connectivity index is 2.38. The summed E-state index contributed by atoms with van der Waals surface area (Å²) >= 11 is 5.86. The number of hydrogen-bond donors (Lipinski definition) is 2. The molecule has 1 aromatic heterocycles. The van der Waals surface area contributed by atoms with Gasteiger partial charge in [-0.3, -0.25) is 4.79 Å². The SMILES string of the molecule is COc1ncc(Cl)c(NCCOCC(N)=O)n1. The van der Waals surface area contributed by atoms with Crippen LogP contribution in [0.15, 0.2) is 6.20 Å². The lowest BCUT2D eigenvalue weighted by Gasteiger charge is -2.08. The van der Waals surface area contributed by atoms with Crippen molar-refractivity contribution in [3.05, 3.63) is 11.2 Å². The summed E-state index contributed by atoms with van der Waals surface area (Å²) in [7, 11) is 1.46. The van der Waals surface area contributed by atoms with E-state index in [2.05, 4.69) is 15.3 Å². The van der Waals surface area contributed by atoms with Crippen LogP contribution in [-0.2, 0) is 9.53 Å². The molecule has 0 aliphatic heterocycles. The molecule has 1 amide bonds. The molecular weight excluding hydrogens is 248 g/mol. The number of nitrogens with two attached hydrogens (primary N) is 1. The van der Waals surface area contributed by atoms with Gasteiger partial charge < -0.3 is 20.5 Å². The summed E-state index contributed by atoms with van der Waals surface area (Å²) < 4.78 is 9.81.